The van der Waals surface area contributed by atoms with E-state index in [1.165, 1.54) is 16.1 Å². The van der Waals surface area contributed by atoms with Crippen LogP contribution in [0.1, 0.15) is 5.56 Å². The van der Waals surface area contributed by atoms with Crippen molar-refractivity contribution in [2.24, 2.45) is 0 Å². The Labute approximate surface area is 125 Å². The zero-order chi connectivity index (χ0) is 15.1. The summed E-state index contributed by atoms with van der Waals surface area (Å²) in [5.74, 6) is 0. The van der Waals surface area contributed by atoms with Crippen molar-refractivity contribution in [2.75, 3.05) is 0 Å². The summed E-state index contributed by atoms with van der Waals surface area (Å²) in [5.41, 5.74) is 4.82. The Bertz CT molecular complexity index is 993. The second-order valence-corrected chi connectivity index (χ2v) is 5.16. The van der Waals surface area contributed by atoms with Crippen molar-refractivity contribution in [3.63, 3.8) is 0 Å². The molecule has 0 bridgehead atoms. The lowest BCUT2D eigenvalue weighted by atomic mass is 10.1. The van der Waals surface area contributed by atoms with Crippen molar-refractivity contribution in [1.29, 1.82) is 0 Å². The van der Waals surface area contributed by atoms with Gasteiger partial charge in [-0.25, -0.2) is 9.50 Å². The maximum Gasteiger partial charge on any atom is 0.273 e. The highest BCUT2D eigenvalue weighted by molar-refractivity contribution is 5.78. The summed E-state index contributed by atoms with van der Waals surface area (Å²) < 4.78 is 1.44. The van der Waals surface area contributed by atoms with Gasteiger partial charge >= 0.3 is 0 Å². The zero-order valence-electron chi connectivity index (χ0n) is 11.9. The van der Waals surface area contributed by atoms with Gasteiger partial charge < -0.3 is 0 Å². The van der Waals surface area contributed by atoms with E-state index in [9.17, 15) is 4.79 Å². The third-order valence-electron chi connectivity index (χ3n) is 3.64. The van der Waals surface area contributed by atoms with Gasteiger partial charge in [0.05, 0.1) is 11.4 Å². The van der Waals surface area contributed by atoms with Gasteiger partial charge in [0.1, 0.15) is 0 Å². The van der Waals surface area contributed by atoms with Crippen LogP contribution in [-0.2, 0) is 0 Å². The SMILES string of the molecule is Cc1ccc(-c2c[nH]n3c(=O)cc(-c4ccn[nH]4)nc23)cc1. The molecular formula is C16H13N5O. The summed E-state index contributed by atoms with van der Waals surface area (Å²) in [6.07, 6.45) is 3.43. The van der Waals surface area contributed by atoms with E-state index < -0.39 is 0 Å². The number of H-pyrrole nitrogens is 2. The Kier molecular flexibility index (Phi) is 2.69. The first-order chi connectivity index (χ1) is 10.7. The fourth-order valence-corrected chi connectivity index (χ4v) is 2.46. The molecule has 0 aliphatic carbocycles. The Morgan fingerprint density at radius 3 is 2.68 bits per heavy atom. The fraction of sp³-hybridized carbons (Fsp3) is 0.0625. The summed E-state index contributed by atoms with van der Waals surface area (Å²) in [6, 6.07) is 11.4. The van der Waals surface area contributed by atoms with Crippen LogP contribution in [0.5, 0.6) is 0 Å². The minimum Gasteiger partial charge on any atom is -0.296 e. The van der Waals surface area contributed by atoms with Crippen LogP contribution >= 0.6 is 0 Å². The maximum absolute atomic E-state index is 12.3. The lowest BCUT2D eigenvalue weighted by Crippen LogP contribution is -2.14. The topological polar surface area (TPSA) is 78.8 Å². The first-order valence-electron chi connectivity index (χ1n) is 6.90. The molecule has 0 aliphatic heterocycles. The van der Waals surface area contributed by atoms with Gasteiger partial charge in [0, 0.05) is 24.0 Å². The highest BCUT2D eigenvalue weighted by atomic mass is 16.1. The largest absolute Gasteiger partial charge is 0.296 e. The lowest BCUT2D eigenvalue weighted by molar-refractivity contribution is 0.899. The van der Waals surface area contributed by atoms with Crippen LogP contribution in [0.15, 0.2) is 53.6 Å². The van der Waals surface area contributed by atoms with Gasteiger partial charge in [0.25, 0.3) is 5.56 Å². The van der Waals surface area contributed by atoms with Crippen molar-refractivity contribution in [1.82, 2.24) is 24.8 Å². The van der Waals surface area contributed by atoms with Crippen molar-refractivity contribution in [2.45, 2.75) is 6.92 Å². The number of benzene rings is 1. The number of fused-ring (bicyclic) bond motifs is 1. The molecule has 0 radical (unpaired) electrons. The average molecular weight is 291 g/mol. The number of aromatic nitrogens is 5. The van der Waals surface area contributed by atoms with Crippen molar-refractivity contribution in [3.8, 4) is 22.5 Å². The number of nitrogens with zero attached hydrogens (tertiary/aromatic N) is 3. The molecule has 0 saturated heterocycles. The predicted molar refractivity (Wildman–Crippen MR) is 83.6 cm³/mol. The Hall–Kier alpha value is -3.15. The number of hydrogen-bond donors (Lipinski definition) is 2. The molecule has 3 heterocycles. The van der Waals surface area contributed by atoms with E-state index in [2.05, 4.69) is 20.3 Å². The van der Waals surface area contributed by atoms with E-state index in [-0.39, 0.29) is 5.56 Å². The average Bonchev–Trinajstić information content (AvgIpc) is 3.17. The van der Waals surface area contributed by atoms with Crippen molar-refractivity contribution >= 4 is 5.65 Å². The molecule has 0 unspecified atom stereocenters. The number of aromatic amines is 2. The molecular weight excluding hydrogens is 278 g/mol. The normalized spacial score (nSPS) is 11.1. The summed E-state index contributed by atoms with van der Waals surface area (Å²) in [4.78, 5) is 16.8. The van der Waals surface area contributed by atoms with E-state index in [0.717, 1.165) is 16.8 Å². The number of rotatable bonds is 2. The highest BCUT2D eigenvalue weighted by Gasteiger charge is 2.12. The second-order valence-electron chi connectivity index (χ2n) is 5.16. The quantitative estimate of drug-likeness (QED) is 0.595. The summed E-state index contributed by atoms with van der Waals surface area (Å²) >= 11 is 0. The second kappa shape index (κ2) is 4.70. The summed E-state index contributed by atoms with van der Waals surface area (Å²) in [5, 5.41) is 9.70. The maximum atomic E-state index is 12.3. The molecule has 0 amide bonds. The first-order valence-corrected chi connectivity index (χ1v) is 6.90. The van der Waals surface area contributed by atoms with Crippen molar-refractivity contribution in [3.05, 3.63) is 64.7 Å². The molecule has 2 N–H and O–H groups in total. The van der Waals surface area contributed by atoms with Gasteiger partial charge in [-0.3, -0.25) is 15.0 Å². The molecule has 22 heavy (non-hydrogen) atoms. The minimum absolute atomic E-state index is 0.159. The van der Waals surface area contributed by atoms with E-state index in [0.29, 0.717) is 11.3 Å². The van der Waals surface area contributed by atoms with Gasteiger partial charge in [-0.05, 0) is 18.6 Å². The summed E-state index contributed by atoms with van der Waals surface area (Å²) in [7, 11) is 0. The van der Waals surface area contributed by atoms with E-state index >= 15 is 0 Å². The van der Waals surface area contributed by atoms with Crippen LogP contribution in [0.3, 0.4) is 0 Å². The third-order valence-corrected chi connectivity index (χ3v) is 3.64. The van der Waals surface area contributed by atoms with E-state index in [1.807, 2.05) is 31.2 Å². The number of nitrogens with one attached hydrogen (secondary N) is 2. The van der Waals surface area contributed by atoms with Gasteiger partial charge in [-0.15, -0.1) is 0 Å². The van der Waals surface area contributed by atoms with Crippen LogP contribution in [0.25, 0.3) is 28.2 Å². The molecule has 1 aromatic carbocycles. The molecule has 6 heteroatoms. The van der Waals surface area contributed by atoms with Gasteiger partial charge in [-0.2, -0.15) is 5.10 Å². The number of hydrogen-bond acceptors (Lipinski definition) is 3. The Balaban J connectivity index is 1.97. The molecule has 0 spiro atoms. The smallest absolute Gasteiger partial charge is 0.273 e. The van der Waals surface area contributed by atoms with Crippen LogP contribution in [0, 0.1) is 6.92 Å². The van der Waals surface area contributed by atoms with E-state index in [1.54, 1.807) is 18.5 Å². The minimum atomic E-state index is -0.159. The van der Waals surface area contributed by atoms with Gasteiger partial charge in [-0.1, -0.05) is 29.8 Å². The molecule has 0 aliphatic rings. The van der Waals surface area contributed by atoms with Crippen LogP contribution in [0.2, 0.25) is 0 Å². The molecule has 6 nitrogen and oxygen atoms in total. The molecule has 3 aromatic heterocycles. The van der Waals surface area contributed by atoms with Crippen molar-refractivity contribution < 1.29 is 0 Å². The monoisotopic (exact) mass is 291 g/mol. The predicted octanol–water partition coefficient (Wildman–Crippen LogP) is 2.39. The molecule has 0 atom stereocenters. The molecule has 4 rings (SSSR count). The van der Waals surface area contributed by atoms with Crippen LogP contribution in [0.4, 0.5) is 0 Å². The van der Waals surface area contributed by atoms with E-state index in [4.69, 9.17) is 0 Å². The fourth-order valence-electron chi connectivity index (χ4n) is 2.46. The number of aryl methyl sites for hydroxylation is 1. The Morgan fingerprint density at radius 1 is 1.14 bits per heavy atom. The molecule has 4 aromatic rings. The first kappa shape index (κ1) is 12.6. The standard InChI is InChI=1S/C16H13N5O/c1-10-2-4-11(5-3-10)12-9-18-21-15(22)8-14(19-16(12)21)13-6-7-17-20-13/h2-9,18H,1H3,(H,17,20). The van der Waals surface area contributed by atoms with Crippen LogP contribution < -0.4 is 5.56 Å². The summed E-state index contributed by atoms with van der Waals surface area (Å²) in [6.45, 7) is 2.04. The lowest BCUT2D eigenvalue weighted by Gasteiger charge is -2.02. The highest BCUT2D eigenvalue weighted by Crippen LogP contribution is 2.24. The van der Waals surface area contributed by atoms with Gasteiger partial charge in [0.15, 0.2) is 5.65 Å². The van der Waals surface area contributed by atoms with Crippen LogP contribution in [-0.4, -0.2) is 24.8 Å². The Morgan fingerprint density at radius 2 is 1.95 bits per heavy atom. The molecule has 108 valence electrons. The van der Waals surface area contributed by atoms with Gasteiger partial charge in [0.2, 0.25) is 0 Å². The molecule has 0 fully saturated rings. The molecule has 0 saturated carbocycles. The third kappa shape index (κ3) is 1.93. The zero-order valence-corrected chi connectivity index (χ0v) is 11.9.